The third kappa shape index (κ3) is 8.36. The summed E-state index contributed by atoms with van der Waals surface area (Å²) in [7, 11) is -2.17. The van der Waals surface area contributed by atoms with E-state index in [9.17, 15) is 14.2 Å². The van der Waals surface area contributed by atoms with Crippen molar-refractivity contribution in [3.63, 3.8) is 0 Å². The van der Waals surface area contributed by atoms with Crippen LogP contribution in [0, 0.1) is 0 Å². The van der Waals surface area contributed by atoms with Crippen molar-refractivity contribution < 1.29 is 28.2 Å². The molecule has 0 saturated heterocycles. The smallest absolute Gasteiger partial charge is 0.399 e. The van der Waals surface area contributed by atoms with Crippen molar-refractivity contribution in [3.8, 4) is 5.88 Å². The number of rotatable bonds is 10. The molecule has 1 rings (SSSR count). The molecule has 10 nitrogen and oxygen atoms in total. The molecule has 0 aliphatic heterocycles. The summed E-state index contributed by atoms with van der Waals surface area (Å²) in [5.74, 6) is -0.194. The molecule has 24 heavy (non-hydrogen) atoms. The molecule has 0 aliphatic carbocycles. The Morgan fingerprint density at radius 3 is 2.75 bits per heavy atom. The van der Waals surface area contributed by atoms with Gasteiger partial charge in [0.2, 0.25) is 11.8 Å². The number of carbonyl (C=O) groups is 2. The summed E-state index contributed by atoms with van der Waals surface area (Å²) in [6, 6.07) is 1.39. The molecule has 12 heteroatoms. The fourth-order valence-corrected chi connectivity index (χ4v) is 3.02. The van der Waals surface area contributed by atoms with Gasteiger partial charge in [-0.25, -0.2) is 0 Å². The van der Waals surface area contributed by atoms with E-state index >= 15 is 0 Å². The molecule has 1 aromatic rings. The van der Waals surface area contributed by atoms with Gasteiger partial charge in [0.1, 0.15) is 19.0 Å². The molecular weight excluding hydrogens is 358 g/mol. The van der Waals surface area contributed by atoms with Gasteiger partial charge < -0.3 is 25.5 Å². The molecule has 0 bridgehead atoms. The van der Waals surface area contributed by atoms with E-state index in [1.807, 2.05) is 0 Å². The second-order valence-corrected chi connectivity index (χ2v) is 7.87. The number of esters is 1. The van der Waals surface area contributed by atoms with Gasteiger partial charge in [-0.1, -0.05) is 4.57 Å². The van der Waals surface area contributed by atoms with Gasteiger partial charge in [0, 0.05) is 18.6 Å². The highest BCUT2D eigenvalue weighted by molar-refractivity contribution is 8.13. The SMILES string of the molecule is CC(=O)OC/C(=C\C[P+](=O)POC=O)COc1cc(N)nc(N)n1. The quantitative estimate of drug-likeness (QED) is 0.262. The summed E-state index contributed by atoms with van der Waals surface area (Å²) in [4.78, 5) is 28.6. The van der Waals surface area contributed by atoms with Gasteiger partial charge in [-0.2, -0.15) is 9.97 Å². The minimum atomic E-state index is -1.73. The van der Waals surface area contributed by atoms with Crippen molar-refractivity contribution in [1.82, 2.24) is 9.97 Å². The third-order valence-electron chi connectivity index (χ3n) is 2.35. The van der Waals surface area contributed by atoms with Crippen molar-refractivity contribution in [2.24, 2.45) is 0 Å². The third-order valence-corrected chi connectivity index (χ3v) is 4.75. The zero-order valence-corrected chi connectivity index (χ0v) is 14.7. The monoisotopic (exact) mass is 375 g/mol. The lowest BCUT2D eigenvalue weighted by Gasteiger charge is -2.09. The van der Waals surface area contributed by atoms with Crippen molar-refractivity contribution in [2.75, 3.05) is 30.8 Å². The highest BCUT2D eigenvalue weighted by atomic mass is 32.0. The fourth-order valence-electron chi connectivity index (χ4n) is 1.39. The average Bonchev–Trinajstić information content (AvgIpc) is 2.51. The second kappa shape index (κ2) is 10.5. The predicted octanol–water partition coefficient (Wildman–Crippen LogP) is 1.02. The molecule has 0 fully saturated rings. The molecule has 0 aliphatic rings. The number of aromatic nitrogens is 2. The Kier molecular flexibility index (Phi) is 8.60. The average molecular weight is 375 g/mol. The summed E-state index contributed by atoms with van der Waals surface area (Å²) in [5, 5.41) is 0. The molecule has 4 N–H and O–H groups in total. The summed E-state index contributed by atoms with van der Waals surface area (Å²) < 4.78 is 26.4. The van der Waals surface area contributed by atoms with Crippen LogP contribution in [-0.2, 0) is 23.4 Å². The van der Waals surface area contributed by atoms with Gasteiger partial charge in [0.15, 0.2) is 6.16 Å². The van der Waals surface area contributed by atoms with Gasteiger partial charge in [-0.05, 0) is 6.08 Å². The van der Waals surface area contributed by atoms with E-state index in [2.05, 4.69) is 14.5 Å². The number of nitrogens with two attached hydrogens (primary N) is 2. The minimum Gasteiger partial charge on any atom is -0.473 e. The van der Waals surface area contributed by atoms with Crippen LogP contribution in [0.2, 0.25) is 0 Å². The Balaban J connectivity index is 2.68. The van der Waals surface area contributed by atoms with Crippen LogP contribution in [0.5, 0.6) is 5.88 Å². The van der Waals surface area contributed by atoms with E-state index in [4.69, 9.17) is 20.9 Å². The van der Waals surface area contributed by atoms with E-state index in [0.29, 0.717) is 5.57 Å². The fraction of sp³-hybridized carbons (Fsp3) is 0.333. The Hall–Kier alpha value is -2.31. The van der Waals surface area contributed by atoms with Crippen LogP contribution in [0.4, 0.5) is 11.8 Å². The first-order chi connectivity index (χ1) is 11.4. The van der Waals surface area contributed by atoms with Crippen LogP contribution < -0.4 is 16.2 Å². The van der Waals surface area contributed by atoms with Gasteiger partial charge in [0.25, 0.3) is 6.47 Å². The zero-order valence-electron chi connectivity index (χ0n) is 12.8. The maximum Gasteiger partial charge on any atom is 0.399 e. The summed E-state index contributed by atoms with van der Waals surface area (Å²) in [6.45, 7) is 1.49. The lowest BCUT2D eigenvalue weighted by Crippen LogP contribution is -2.12. The topological polar surface area (TPSA) is 157 Å². The highest BCUT2D eigenvalue weighted by Gasteiger charge is 2.16. The number of carbonyl (C=O) groups excluding carboxylic acids is 2. The van der Waals surface area contributed by atoms with Gasteiger partial charge in [0.05, 0.1) is 0 Å². The molecule has 0 saturated carbocycles. The molecule has 1 aromatic heterocycles. The van der Waals surface area contributed by atoms with Crippen LogP contribution in [0.15, 0.2) is 17.7 Å². The lowest BCUT2D eigenvalue weighted by atomic mass is 10.3. The van der Waals surface area contributed by atoms with Crippen molar-refractivity contribution in [2.45, 2.75) is 6.92 Å². The lowest BCUT2D eigenvalue weighted by molar-refractivity contribution is -0.140. The highest BCUT2D eigenvalue weighted by Crippen LogP contribution is 2.44. The molecule has 130 valence electrons. The normalized spacial score (nSPS) is 12.0. The molecule has 0 amide bonds. The molecular formula is C12H17N4O6P2+. The number of ether oxygens (including phenoxy) is 2. The number of nitrogen functional groups attached to an aromatic ring is 2. The number of anilines is 2. The number of allylic oxidation sites excluding steroid dienone is 1. The zero-order chi connectivity index (χ0) is 17.9. The van der Waals surface area contributed by atoms with E-state index in [1.165, 1.54) is 13.0 Å². The van der Waals surface area contributed by atoms with Crippen LogP contribution >= 0.6 is 16.0 Å². The Morgan fingerprint density at radius 2 is 2.12 bits per heavy atom. The predicted molar refractivity (Wildman–Crippen MR) is 89.0 cm³/mol. The van der Waals surface area contributed by atoms with Crippen molar-refractivity contribution in [3.05, 3.63) is 17.7 Å². The Morgan fingerprint density at radius 1 is 1.38 bits per heavy atom. The number of hydrogen-bond acceptors (Lipinski definition) is 10. The molecule has 2 atom stereocenters. The first-order valence-electron chi connectivity index (χ1n) is 6.54. The van der Waals surface area contributed by atoms with Gasteiger partial charge in [-0.3, -0.25) is 9.59 Å². The Bertz CT molecular complexity index is 620. The van der Waals surface area contributed by atoms with Crippen LogP contribution in [0.1, 0.15) is 6.92 Å². The summed E-state index contributed by atoms with van der Waals surface area (Å²) in [6.07, 6.45) is 1.74. The largest absolute Gasteiger partial charge is 0.473 e. The summed E-state index contributed by atoms with van der Waals surface area (Å²) in [5.41, 5.74) is 11.6. The number of nitrogens with zero attached hydrogens (tertiary/aromatic N) is 2. The molecule has 1 heterocycles. The van der Waals surface area contributed by atoms with E-state index in [-0.39, 0.29) is 43.5 Å². The van der Waals surface area contributed by atoms with E-state index < -0.39 is 22.0 Å². The maximum atomic E-state index is 11.6. The number of hydrogen-bond donors (Lipinski definition) is 2. The molecule has 0 spiro atoms. The Labute approximate surface area is 140 Å². The van der Waals surface area contributed by atoms with Crippen LogP contribution in [-0.4, -0.2) is 41.8 Å². The first kappa shape index (κ1) is 19.7. The van der Waals surface area contributed by atoms with Crippen molar-refractivity contribution >= 4 is 40.2 Å². The first-order valence-corrected chi connectivity index (χ1v) is 9.74. The van der Waals surface area contributed by atoms with E-state index in [0.717, 1.165) is 0 Å². The van der Waals surface area contributed by atoms with Crippen molar-refractivity contribution in [1.29, 1.82) is 0 Å². The minimum absolute atomic E-state index is 0.0179. The van der Waals surface area contributed by atoms with Gasteiger partial charge in [-0.15, -0.1) is 0 Å². The standard InChI is InChI=1S/C12H17N4O6P2/c1-8(18)20-5-9(2-3-24(19)23-22-7-17)6-21-11-4-10(13)15-12(14)16-11/h2,4,7,23H,3,5-6H2,1H3,(H4,13,14,15,16)/q+1/b9-2+. The van der Waals surface area contributed by atoms with E-state index in [1.54, 1.807) is 6.08 Å². The molecule has 2 unspecified atom stereocenters. The summed E-state index contributed by atoms with van der Waals surface area (Å²) >= 11 is 0. The molecule has 0 radical (unpaired) electrons. The van der Waals surface area contributed by atoms with Crippen LogP contribution in [0.25, 0.3) is 0 Å². The van der Waals surface area contributed by atoms with Crippen LogP contribution in [0.3, 0.4) is 0 Å². The molecule has 0 aromatic carbocycles. The maximum absolute atomic E-state index is 11.6. The second-order valence-electron chi connectivity index (χ2n) is 4.29. The van der Waals surface area contributed by atoms with Gasteiger partial charge >= 0.3 is 22.0 Å².